The number of hydrogen-bond acceptors (Lipinski definition) is 3. The highest BCUT2D eigenvalue weighted by molar-refractivity contribution is 6.05. The zero-order valence-corrected chi connectivity index (χ0v) is 11.1. The Bertz CT molecular complexity index is 549. The van der Waals surface area contributed by atoms with E-state index in [4.69, 9.17) is 0 Å². The van der Waals surface area contributed by atoms with E-state index in [1.165, 1.54) is 0 Å². The zero-order valence-electron chi connectivity index (χ0n) is 11.1. The van der Waals surface area contributed by atoms with Crippen LogP contribution in [0, 0.1) is 0 Å². The second-order valence-electron chi connectivity index (χ2n) is 4.39. The summed E-state index contributed by atoms with van der Waals surface area (Å²) in [6, 6.07) is 9.49. The van der Waals surface area contributed by atoms with Crippen molar-refractivity contribution < 1.29 is 4.79 Å². The quantitative estimate of drug-likeness (QED) is 0.778. The van der Waals surface area contributed by atoms with Crippen LogP contribution in [0.2, 0.25) is 0 Å². The van der Waals surface area contributed by atoms with Gasteiger partial charge in [0, 0.05) is 24.7 Å². The van der Waals surface area contributed by atoms with Crippen LogP contribution in [0.5, 0.6) is 0 Å². The summed E-state index contributed by atoms with van der Waals surface area (Å²) < 4.78 is 0. The minimum atomic E-state index is -0.0670. The maximum absolute atomic E-state index is 12.1. The first-order chi connectivity index (χ1) is 9.33. The van der Waals surface area contributed by atoms with Crippen molar-refractivity contribution in [2.24, 2.45) is 0 Å². The first kappa shape index (κ1) is 13.5. The van der Waals surface area contributed by atoms with E-state index in [-0.39, 0.29) is 5.91 Å². The topological polar surface area (TPSA) is 54.0 Å². The molecule has 1 amide bonds. The molecular formula is C15H19N3O. The molecule has 0 bridgehead atoms. The number of nitrogens with zero attached hydrogens (tertiary/aromatic N) is 1. The van der Waals surface area contributed by atoms with E-state index < -0.39 is 0 Å². The summed E-state index contributed by atoms with van der Waals surface area (Å²) in [5.41, 5.74) is 1.39. The standard InChI is InChI=1S/C15H19N3O/c1-2-8-16-10-11-18-15(19)13-7-3-5-12-6-4-9-17-14(12)13/h3-7,9,16H,2,8,10-11H2,1H3,(H,18,19). The van der Waals surface area contributed by atoms with Crippen LogP contribution in [-0.2, 0) is 0 Å². The summed E-state index contributed by atoms with van der Waals surface area (Å²) in [4.78, 5) is 16.4. The van der Waals surface area contributed by atoms with Gasteiger partial charge in [-0.15, -0.1) is 0 Å². The second-order valence-corrected chi connectivity index (χ2v) is 4.39. The third-order valence-corrected chi connectivity index (χ3v) is 2.89. The molecule has 0 fully saturated rings. The van der Waals surface area contributed by atoms with Gasteiger partial charge in [-0.3, -0.25) is 9.78 Å². The Kier molecular flexibility index (Phi) is 4.86. The van der Waals surface area contributed by atoms with Gasteiger partial charge in [-0.25, -0.2) is 0 Å². The molecule has 2 aromatic rings. The fourth-order valence-corrected chi connectivity index (χ4v) is 1.95. The van der Waals surface area contributed by atoms with Gasteiger partial charge in [-0.2, -0.15) is 0 Å². The molecule has 0 aliphatic carbocycles. The van der Waals surface area contributed by atoms with Gasteiger partial charge in [-0.1, -0.05) is 25.1 Å². The normalized spacial score (nSPS) is 10.6. The molecule has 0 saturated heterocycles. The smallest absolute Gasteiger partial charge is 0.253 e. The summed E-state index contributed by atoms with van der Waals surface area (Å²) in [7, 11) is 0. The lowest BCUT2D eigenvalue weighted by molar-refractivity contribution is 0.0955. The fourth-order valence-electron chi connectivity index (χ4n) is 1.95. The Hall–Kier alpha value is -1.94. The Morgan fingerprint density at radius 3 is 2.84 bits per heavy atom. The number of amides is 1. The number of nitrogens with one attached hydrogen (secondary N) is 2. The SMILES string of the molecule is CCCNCCNC(=O)c1cccc2cccnc12. The van der Waals surface area contributed by atoms with Crippen LogP contribution in [0.3, 0.4) is 0 Å². The van der Waals surface area contributed by atoms with Crippen LogP contribution in [0.4, 0.5) is 0 Å². The number of rotatable bonds is 6. The summed E-state index contributed by atoms with van der Waals surface area (Å²) >= 11 is 0. The van der Waals surface area contributed by atoms with Crippen molar-refractivity contribution in [2.45, 2.75) is 13.3 Å². The number of pyridine rings is 1. The van der Waals surface area contributed by atoms with Crippen LogP contribution in [-0.4, -0.2) is 30.5 Å². The van der Waals surface area contributed by atoms with Crippen LogP contribution in [0.15, 0.2) is 36.5 Å². The maximum Gasteiger partial charge on any atom is 0.253 e. The molecule has 2 rings (SSSR count). The maximum atomic E-state index is 12.1. The lowest BCUT2D eigenvalue weighted by Crippen LogP contribution is -2.32. The van der Waals surface area contributed by atoms with Crippen molar-refractivity contribution in [1.82, 2.24) is 15.6 Å². The van der Waals surface area contributed by atoms with Crippen molar-refractivity contribution in [3.05, 3.63) is 42.1 Å². The number of fused-ring (bicyclic) bond motifs is 1. The molecule has 0 aliphatic rings. The van der Waals surface area contributed by atoms with Gasteiger partial charge in [0.05, 0.1) is 11.1 Å². The average Bonchev–Trinajstić information content (AvgIpc) is 2.46. The van der Waals surface area contributed by atoms with Crippen molar-refractivity contribution in [2.75, 3.05) is 19.6 Å². The van der Waals surface area contributed by atoms with Gasteiger partial charge >= 0.3 is 0 Å². The molecule has 4 nitrogen and oxygen atoms in total. The van der Waals surface area contributed by atoms with Crippen LogP contribution in [0.1, 0.15) is 23.7 Å². The summed E-state index contributed by atoms with van der Waals surface area (Å²) in [5.74, 6) is -0.0670. The molecule has 0 aliphatic heterocycles. The minimum Gasteiger partial charge on any atom is -0.351 e. The predicted octanol–water partition coefficient (Wildman–Crippen LogP) is 1.96. The van der Waals surface area contributed by atoms with Gasteiger partial charge in [0.2, 0.25) is 0 Å². The molecular weight excluding hydrogens is 238 g/mol. The van der Waals surface area contributed by atoms with Crippen molar-refractivity contribution >= 4 is 16.8 Å². The van der Waals surface area contributed by atoms with Gasteiger partial charge < -0.3 is 10.6 Å². The highest BCUT2D eigenvalue weighted by Crippen LogP contribution is 2.15. The molecule has 1 aromatic carbocycles. The monoisotopic (exact) mass is 257 g/mol. The molecule has 0 unspecified atom stereocenters. The van der Waals surface area contributed by atoms with Crippen LogP contribution in [0.25, 0.3) is 10.9 Å². The number of para-hydroxylation sites is 1. The van der Waals surface area contributed by atoms with Gasteiger partial charge in [-0.05, 0) is 25.1 Å². The highest BCUT2D eigenvalue weighted by atomic mass is 16.1. The van der Waals surface area contributed by atoms with Crippen molar-refractivity contribution in [3.8, 4) is 0 Å². The fraction of sp³-hybridized carbons (Fsp3) is 0.333. The second kappa shape index (κ2) is 6.85. The first-order valence-corrected chi connectivity index (χ1v) is 6.65. The minimum absolute atomic E-state index is 0.0670. The number of carbonyl (C=O) groups is 1. The van der Waals surface area contributed by atoms with E-state index in [0.717, 1.165) is 30.4 Å². The van der Waals surface area contributed by atoms with Gasteiger partial charge in [0.25, 0.3) is 5.91 Å². The average molecular weight is 257 g/mol. The third-order valence-electron chi connectivity index (χ3n) is 2.89. The Labute approximate surface area is 113 Å². The number of benzene rings is 1. The van der Waals surface area contributed by atoms with E-state index >= 15 is 0 Å². The Balaban J connectivity index is 2.01. The van der Waals surface area contributed by atoms with E-state index in [9.17, 15) is 4.79 Å². The zero-order chi connectivity index (χ0) is 13.5. The molecule has 19 heavy (non-hydrogen) atoms. The summed E-state index contributed by atoms with van der Waals surface area (Å²) in [5, 5.41) is 7.14. The van der Waals surface area contributed by atoms with E-state index in [0.29, 0.717) is 12.1 Å². The van der Waals surface area contributed by atoms with E-state index in [1.807, 2.05) is 30.3 Å². The largest absolute Gasteiger partial charge is 0.351 e. The lowest BCUT2D eigenvalue weighted by Gasteiger charge is -2.08. The van der Waals surface area contributed by atoms with E-state index in [1.54, 1.807) is 6.20 Å². The summed E-state index contributed by atoms with van der Waals surface area (Å²) in [6.45, 7) is 4.51. The molecule has 100 valence electrons. The number of hydrogen-bond donors (Lipinski definition) is 2. The number of aromatic nitrogens is 1. The van der Waals surface area contributed by atoms with E-state index in [2.05, 4.69) is 22.5 Å². The van der Waals surface area contributed by atoms with Gasteiger partial charge in [0.15, 0.2) is 0 Å². The van der Waals surface area contributed by atoms with Crippen molar-refractivity contribution in [1.29, 1.82) is 0 Å². The molecule has 0 saturated carbocycles. The Morgan fingerprint density at radius 2 is 2.00 bits per heavy atom. The number of carbonyl (C=O) groups excluding carboxylic acids is 1. The van der Waals surface area contributed by atoms with Crippen LogP contribution < -0.4 is 10.6 Å². The van der Waals surface area contributed by atoms with Gasteiger partial charge in [0.1, 0.15) is 0 Å². The molecule has 2 N–H and O–H groups in total. The Morgan fingerprint density at radius 1 is 1.16 bits per heavy atom. The van der Waals surface area contributed by atoms with Crippen molar-refractivity contribution in [3.63, 3.8) is 0 Å². The summed E-state index contributed by atoms with van der Waals surface area (Å²) in [6.07, 6.45) is 2.81. The highest BCUT2D eigenvalue weighted by Gasteiger charge is 2.09. The molecule has 1 aromatic heterocycles. The molecule has 1 heterocycles. The van der Waals surface area contributed by atoms with Crippen LogP contribution >= 0.6 is 0 Å². The predicted molar refractivity (Wildman–Crippen MR) is 77.2 cm³/mol. The third kappa shape index (κ3) is 3.51. The molecule has 4 heteroatoms. The molecule has 0 spiro atoms. The lowest BCUT2D eigenvalue weighted by atomic mass is 10.1. The molecule has 0 atom stereocenters. The first-order valence-electron chi connectivity index (χ1n) is 6.65. The molecule has 0 radical (unpaired) electrons.